The van der Waals surface area contributed by atoms with Gasteiger partial charge in [-0.2, -0.15) is 0 Å². The summed E-state index contributed by atoms with van der Waals surface area (Å²) in [5, 5.41) is 2.74. The summed E-state index contributed by atoms with van der Waals surface area (Å²) in [6.45, 7) is 0. The van der Waals surface area contributed by atoms with Gasteiger partial charge in [-0.05, 0) is 36.4 Å². The Hall–Kier alpha value is -1.84. The van der Waals surface area contributed by atoms with Crippen molar-refractivity contribution in [3.8, 4) is 0 Å². The van der Waals surface area contributed by atoms with Gasteiger partial charge >= 0.3 is 0 Å². The second-order valence-corrected chi connectivity index (χ2v) is 6.01. The van der Waals surface area contributed by atoms with E-state index in [1.807, 2.05) is 42.6 Å². The first-order chi connectivity index (χ1) is 9.79. The van der Waals surface area contributed by atoms with Gasteiger partial charge < -0.3 is 0 Å². The highest BCUT2D eigenvalue weighted by atomic mass is 35.5. The Morgan fingerprint density at radius 2 is 1.90 bits per heavy atom. The Labute approximate surface area is 125 Å². The third kappa shape index (κ3) is 1.99. The maximum absolute atomic E-state index is 6.04. The molecule has 0 N–H and O–H groups in total. The molecule has 0 unspecified atom stereocenters. The molecule has 0 saturated heterocycles. The summed E-state index contributed by atoms with van der Waals surface area (Å²) in [5.41, 5.74) is 2.96. The number of pyridine rings is 1. The topological polar surface area (TPSA) is 25.2 Å². The first-order valence-electron chi connectivity index (χ1n) is 6.21. The fraction of sp³-hybridized carbons (Fsp3) is 0. The van der Waals surface area contributed by atoms with Crippen LogP contribution < -0.4 is 0 Å². The van der Waals surface area contributed by atoms with Crippen molar-refractivity contribution < 1.29 is 0 Å². The third-order valence-electron chi connectivity index (χ3n) is 3.18. The van der Waals surface area contributed by atoms with E-state index in [0.717, 1.165) is 37.1 Å². The summed E-state index contributed by atoms with van der Waals surface area (Å²) in [6.07, 6.45) is 1.88. The van der Waals surface area contributed by atoms with Gasteiger partial charge in [0.05, 0.1) is 11.2 Å². The van der Waals surface area contributed by atoms with Gasteiger partial charge in [0.2, 0.25) is 0 Å². The second-order valence-electron chi connectivity index (χ2n) is 4.55. The van der Waals surface area contributed by atoms with E-state index in [1.54, 1.807) is 11.8 Å². The van der Waals surface area contributed by atoms with E-state index in [4.69, 9.17) is 16.6 Å². The molecule has 2 aromatic carbocycles. The number of benzene rings is 2. The number of hydrogen-bond donors (Lipinski definition) is 0. The summed E-state index contributed by atoms with van der Waals surface area (Å²) < 4.78 is 0. The number of aromatic nitrogens is 1. The van der Waals surface area contributed by atoms with Gasteiger partial charge in [-0.25, -0.2) is 4.98 Å². The minimum atomic E-state index is 0.723. The van der Waals surface area contributed by atoms with Gasteiger partial charge in [-0.15, -0.1) is 0 Å². The van der Waals surface area contributed by atoms with E-state index in [1.165, 1.54) is 0 Å². The normalized spacial score (nSPS) is 12.8. The van der Waals surface area contributed by atoms with Crippen LogP contribution in [0.4, 0.5) is 5.69 Å². The molecule has 0 fully saturated rings. The monoisotopic (exact) mass is 296 g/mol. The summed E-state index contributed by atoms with van der Waals surface area (Å²) in [6, 6.07) is 15.9. The van der Waals surface area contributed by atoms with Crippen LogP contribution in [0.5, 0.6) is 0 Å². The van der Waals surface area contributed by atoms with Crippen LogP contribution in [0.25, 0.3) is 10.9 Å². The van der Waals surface area contributed by atoms with Crippen molar-refractivity contribution in [1.29, 1.82) is 0 Å². The Kier molecular flexibility index (Phi) is 2.76. The largest absolute Gasteiger partial charge is 0.255 e. The molecule has 1 aliphatic rings. The Morgan fingerprint density at radius 3 is 2.85 bits per heavy atom. The molecule has 2 heterocycles. The molecule has 1 aliphatic heterocycles. The lowest BCUT2D eigenvalue weighted by Gasteiger charge is -2.06. The molecule has 0 bridgehead atoms. The lowest BCUT2D eigenvalue weighted by atomic mass is 10.2. The lowest BCUT2D eigenvalue weighted by Crippen LogP contribution is -1.90. The molecule has 0 amide bonds. The van der Waals surface area contributed by atoms with Crippen molar-refractivity contribution in [1.82, 2.24) is 4.98 Å². The van der Waals surface area contributed by atoms with Gasteiger partial charge in [0, 0.05) is 27.1 Å². The van der Waals surface area contributed by atoms with Gasteiger partial charge in [0.15, 0.2) is 0 Å². The quantitative estimate of drug-likeness (QED) is 0.451. The average molecular weight is 297 g/mol. The fourth-order valence-corrected chi connectivity index (χ4v) is 3.35. The molecule has 1 aromatic heterocycles. The molecule has 0 spiro atoms. The number of hydrogen-bond acceptors (Lipinski definition) is 3. The Morgan fingerprint density at radius 1 is 1.00 bits per heavy atom. The van der Waals surface area contributed by atoms with E-state index in [2.05, 4.69) is 17.1 Å². The highest BCUT2D eigenvalue weighted by molar-refractivity contribution is 7.99. The number of para-hydroxylation sites is 1. The van der Waals surface area contributed by atoms with Crippen molar-refractivity contribution in [3.63, 3.8) is 0 Å². The smallest absolute Gasteiger partial charge is 0.110 e. The SMILES string of the molecule is Clc1ccc2nc3c(cc2c1)C=Nc1ccccc1S3. The van der Waals surface area contributed by atoms with E-state index in [0.29, 0.717) is 0 Å². The van der Waals surface area contributed by atoms with Crippen molar-refractivity contribution in [2.24, 2.45) is 4.99 Å². The van der Waals surface area contributed by atoms with Crippen LogP contribution in [0.2, 0.25) is 5.02 Å². The van der Waals surface area contributed by atoms with Crippen molar-refractivity contribution in [2.75, 3.05) is 0 Å². The maximum Gasteiger partial charge on any atom is 0.110 e. The van der Waals surface area contributed by atoms with Crippen LogP contribution in [0.3, 0.4) is 0 Å². The van der Waals surface area contributed by atoms with Crippen LogP contribution in [0.15, 0.2) is 63.4 Å². The van der Waals surface area contributed by atoms with Gasteiger partial charge in [-0.3, -0.25) is 4.99 Å². The Balaban J connectivity index is 1.95. The maximum atomic E-state index is 6.04. The minimum Gasteiger partial charge on any atom is -0.255 e. The van der Waals surface area contributed by atoms with Crippen LogP contribution in [0.1, 0.15) is 5.56 Å². The van der Waals surface area contributed by atoms with Gasteiger partial charge in [-0.1, -0.05) is 35.5 Å². The highest BCUT2D eigenvalue weighted by Crippen LogP contribution is 2.38. The minimum absolute atomic E-state index is 0.723. The molecule has 0 aliphatic carbocycles. The van der Waals surface area contributed by atoms with E-state index in [9.17, 15) is 0 Å². The van der Waals surface area contributed by atoms with Gasteiger partial charge in [0.25, 0.3) is 0 Å². The zero-order valence-corrected chi connectivity index (χ0v) is 11.9. The molecule has 4 heteroatoms. The summed E-state index contributed by atoms with van der Waals surface area (Å²) in [4.78, 5) is 10.4. The average Bonchev–Trinajstić information content (AvgIpc) is 2.64. The highest BCUT2D eigenvalue weighted by Gasteiger charge is 2.13. The zero-order valence-electron chi connectivity index (χ0n) is 10.4. The van der Waals surface area contributed by atoms with Crippen LogP contribution >= 0.6 is 23.4 Å². The molecule has 0 saturated carbocycles. The molecule has 0 atom stereocenters. The number of halogens is 1. The predicted octanol–water partition coefficient (Wildman–Crippen LogP) is 5.10. The Bertz CT molecular complexity index is 858. The number of nitrogens with zero attached hydrogens (tertiary/aromatic N) is 2. The summed E-state index contributed by atoms with van der Waals surface area (Å²) in [7, 11) is 0. The molecule has 2 nitrogen and oxygen atoms in total. The first kappa shape index (κ1) is 11.9. The first-order valence-corrected chi connectivity index (χ1v) is 7.40. The molecule has 4 rings (SSSR count). The summed E-state index contributed by atoms with van der Waals surface area (Å²) in [5.74, 6) is 0. The molecule has 0 radical (unpaired) electrons. The van der Waals surface area contributed by atoms with E-state index >= 15 is 0 Å². The molecule has 3 aromatic rings. The standard InChI is InChI=1S/C16H9ClN2S/c17-12-5-6-13-10(8-12)7-11-9-18-14-3-1-2-4-15(14)20-16(11)19-13/h1-9H. The summed E-state index contributed by atoms with van der Waals surface area (Å²) >= 11 is 7.69. The molecular formula is C16H9ClN2S. The number of aliphatic imine (C=N–C) groups is 1. The van der Waals surface area contributed by atoms with Crippen LogP contribution in [0, 0.1) is 0 Å². The van der Waals surface area contributed by atoms with Crippen molar-refractivity contribution >= 4 is 46.2 Å². The molecular weight excluding hydrogens is 288 g/mol. The van der Waals surface area contributed by atoms with E-state index in [-0.39, 0.29) is 0 Å². The number of rotatable bonds is 0. The van der Waals surface area contributed by atoms with Crippen molar-refractivity contribution in [3.05, 3.63) is 59.1 Å². The predicted molar refractivity (Wildman–Crippen MR) is 84.6 cm³/mol. The van der Waals surface area contributed by atoms with E-state index < -0.39 is 0 Å². The fourth-order valence-electron chi connectivity index (χ4n) is 2.21. The zero-order chi connectivity index (χ0) is 13.5. The lowest BCUT2D eigenvalue weighted by molar-refractivity contribution is 1.18. The van der Waals surface area contributed by atoms with Crippen molar-refractivity contribution in [2.45, 2.75) is 9.92 Å². The second kappa shape index (κ2) is 4.62. The molecule has 96 valence electrons. The third-order valence-corrected chi connectivity index (χ3v) is 4.50. The van der Waals surface area contributed by atoms with Crippen LogP contribution in [-0.2, 0) is 0 Å². The van der Waals surface area contributed by atoms with Crippen LogP contribution in [-0.4, -0.2) is 11.2 Å². The molecule has 20 heavy (non-hydrogen) atoms. The van der Waals surface area contributed by atoms with Gasteiger partial charge in [0.1, 0.15) is 5.03 Å². The number of fused-ring (bicyclic) bond motifs is 3.